The average Bonchev–Trinajstić information content (AvgIpc) is 2.40. The van der Waals surface area contributed by atoms with Gasteiger partial charge in [-0.05, 0) is 19.9 Å². The Morgan fingerprint density at radius 2 is 1.86 bits per heavy atom. The van der Waals surface area contributed by atoms with Crippen LogP contribution in [0.15, 0.2) is 24.3 Å². The van der Waals surface area contributed by atoms with Crippen LogP contribution in [-0.4, -0.2) is 49.4 Å². The summed E-state index contributed by atoms with van der Waals surface area (Å²) in [5, 5.41) is 0. The molecule has 0 saturated carbocycles. The third kappa shape index (κ3) is 3.79. The lowest BCUT2D eigenvalue weighted by molar-refractivity contribution is -0.0453. The van der Waals surface area contributed by atoms with E-state index in [1.165, 1.54) is 21.7 Å². The maximum absolute atomic E-state index is 13.6. The maximum Gasteiger partial charge on any atom is 0.282 e. The minimum atomic E-state index is -3.62. The van der Waals surface area contributed by atoms with Crippen molar-refractivity contribution in [3.63, 3.8) is 0 Å². The molecular weight excluding hydrogens is 295 g/mol. The molecular formula is C14H21FN2O3S. The summed E-state index contributed by atoms with van der Waals surface area (Å²) >= 11 is 0. The monoisotopic (exact) mass is 316 g/mol. The number of nitrogens with zero attached hydrogens (tertiary/aromatic N) is 2. The minimum absolute atomic E-state index is 0.00905. The number of ether oxygens (including phenoxy) is 1. The third-order valence-electron chi connectivity index (χ3n) is 3.46. The molecule has 0 spiro atoms. The zero-order valence-corrected chi connectivity index (χ0v) is 13.3. The van der Waals surface area contributed by atoms with Gasteiger partial charge >= 0.3 is 0 Å². The Hall–Kier alpha value is -1.02. The largest absolute Gasteiger partial charge is 0.373 e. The van der Waals surface area contributed by atoms with Gasteiger partial charge in [0.2, 0.25) is 0 Å². The first-order chi connectivity index (χ1) is 9.80. The molecule has 2 unspecified atom stereocenters. The molecule has 0 aliphatic carbocycles. The van der Waals surface area contributed by atoms with Crippen LogP contribution in [0, 0.1) is 5.82 Å². The van der Waals surface area contributed by atoms with Crippen LogP contribution in [0.2, 0.25) is 0 Å². The first-order valence-electron chi connectivity index (χ1n) is 6.91. The fraction of sp³-hybridized carbons (Fsp3) is 0.571. The number of hydrogen-bond acceptors (Lipinski definition) is 3. The molecule has 2 atom stereocenters. The highest BCUT2D eigenvalue weighted by Gasteiger charge is 2.33. The lowest BCUT2D eigenvalue weighted by Crippen LogP contribution is -2.52. The zero-order chi connectivity index (χ0) is 15.6. The molecule has 1 aliphatic heterocycles. The lowest BCUT2D eigenvalue weighted by Gasteiger charge is -2.36. The van der Waals surface area contributed by atoms with E-state index in [2.05, 4.69) is 0 Å². The maximum atomic E-state index is 13.6. The van der Waals surface area contributed by atoms with E-state index in [-0.39, 0.29) is 18.8 Å². The highest BCUT2D eigenvalue weighted by atomic mass is 32.2. The second kappa shape index (κ2) is 6.39. The summed E-state index contributed by atoms with van der Waals surface area (Å²) in [6.07, 6.45) is -0.296. The Morgan fingerprint density at radius 3 is 2.43 bits per heavy atom. The quantitative estimate of drug-likeness (QED) is 0.848. The van der Waals surface area contributed by atoms with E-state index < -0.39 is 16.0 Å². The molecule has 2 rings (SSSR count). The molecule has 0 aromatic heterocycles. The molecule has 1 saturated heterocycles. The van der Waals surface area contributed by atoms with Gasteiger partial charge in [0.15, 0.2) is 0 Å². The van der Waals surface area contributed by atoms with E-state index in [1.807, 2.05) is 13.8 Å². The van der Waals surface area contributed by atoms with Crippen molar-refractivity contribution in [1.29, 1.82) is 0 Å². The summed E-state index contributed by atoms with van der Waals surface area (Å²) in [6.45, 7) is 4.32. The SMILES string of the molecule is CC1CN(S(=O)(=O)N(C)Cc2ccccc2F)CC(C)O1. The average molecular weight is 316 g/mol. The van der Waals surface area contributed by atoms with E-state index >= 15 is 0 Å². The molecule has 5 nitrogen and oxygen atoms in total. The molecule has 0 radical (unpaired) electrons. The smallest absolute Gasteiger partial charge is 0.282 e. The molecule has 0 bridgehead atoms. The van der Waals surface area contributed by atoms with Gasteiger partial charge in [-0.3, -0.25) is 0 Å². The van der Waals surface area contributed by atoms with Crippen molar-refractivity contribution in [3.8, 4) is 0 Å². The van der Waals surface area contributed by atoms with Crippen LogP contribution in [0.5, 0.6) is 0 Å². The molecule has 1 fully saturated rings. The first kappa shape index (κ1) is 16.4. The normalized spacial score (nSPS) is 24.4. The third-order valence-corrected chi connectivity index (χ3v) is 5.32. The van der Waals surface area contributed by atoms with Gasteiger partial charge in [-0.15, -0.1) is 0 Å². The fourth-order valence-electron chi connectivity index (χ4n) is 2.46. The molecule has 7 heteroatoms. The van der Waals surface area contributed by atoms with Crippen molar-refractivity contribution < 1.29 is 17.5 Å². The fourth-order valence-corrected chi connectivity index (χ4v) is 3.96. The summed E-state index contributed by atoms with van der Waals surface area (Å²) in [5.74, 6) is -0.400. The number of benzene rings is 1. The van der Waals surface area contributed by atoms with Crippen molar-refractivity contribution >= 4 is 10.2 Å². The van der Waals surface area contributed by atoms with Crippen molar-refractivity contribution in [2.24, 2.45) is 0 Å². The summed E-state index contributed by atoms with van der Waals surface area (Å²) in [5.41, 5.74) is 0.359. The van der Waals surface area contributed by atoms with E-state index in [4.69, 9.17) is 4.74 Å². The molecule has 1 aliphatic rings. The Kier molecular flexibility index (Phi) is 4.98. The van der Waals surface area contributed by atoms with Crippen molar-refractivity contribution in [3.05, 3.63) is 35.6 Å². The Bertz CT molecular complexity index is 584. The first-order valence-corrected chi connectivity index (χ1v) is 8.30. The van der Waals surface area contributed by atoms with Gasteiger partial charge in [0.25, 0.3) is 10.2 Å². The summed E-state index contributed by atoms with van der Waals surface area (Å²) < 4.78 is 46.9. The molecule has 1 aromatic rings. The summed E-state index contributed by atoms with van der Waals surface area (Å²) in [7, 11) is -2.16. The van der Waals surface area contributed by atoms with Crippen LogP contribution in [0.1, 0.15) is 19.4 Å². The minimum Gasteiger partial charge on any atom is -0.373 e. The summed E-state index contributed by atoms with van der Waals surface area (Å²) in [6, 6.07) is 6.19. The van der Waals surface area contributed by atoms with E-state index in [1.54, 1.807) is 18.2 Å². The molecule has 1 heterocycles. The van der Waals surface area contributed by atoms with Gasteiger partial charge in [-0.2, -0.15) is 17.0 Å². The Morgan fingerprint density at radius 1 is 1.29 bits per heavy atom. The van der Waals surface area contributed by atoms with Gasteiger partial charge in [0.05, 0.1) is 12.2 Å². The van der Waals surface area contributed by atoms with Crippen molar-refractivity contribution in [2.75, 3.05) is 20.1 Å². The van der Waals surface area contributed by atoms with Crippen LogP contribution in [0.25, 0.3) is 0 Å². The second-order valence-corrected chi connectivity index (χ2v) is 7.46. The van der Waals surface area contributed by atoms with Crippen LogP contribution in [0.4, 0.5) is 4.39 Å². The van der Waals surface area contributed by atoms with Crippen LogP contribution < -0.4 is 0 Å². The van der Waals surface area contributed by atoms with Crippen LogP contribution in [0.3, 0.4) is 0 Å². The number of halogens is 1. The lowest BCUT2D eigenvalue weighted by atomic mass is 10.2. The summed E-state index contributed by atoms with van der Waals surface area (Å²) in [4.78, 5) is 0. The molecule has 0 amide bonds. The molecule has 118 valence electrons. The molecule has 0 N–H and O–H groups in total. The predicted molar refractivity (Wildman–Crippen MR) is 78.4 cm³/mol. The Balaban J connectivity index is 2.13. The highest BCUT2D eigenvalue weighted by Crippen LogP contribution is 2.19. The standard InChI is InChI=1S/C14H21FN2O3S/c1-11-8-17(9-12(2)20-11)21(18,19)16(3)10-13-6-4-5-7-14(13)15/h4-7,11-12H,8-10H2,1-3H3. The number of morpholine rings is 1. The topological polar surface area (TPSA) is 49.9 Å². The number of rotatable bonds is 4. The van der Waals surface area contributed by atoms with Crippen LogP contribution in [-0.2, 0) is 21.5 Å². The van der Waals surface area contributed by atoms with Crippen molar-refractivity contribution in [1.82, 2.24) is 8.61 Å². The van der Waals surface area contributed by atoms with E-state index in [0.29, 0.717) is 18.7 Å². The van der Waals surface area contributed by atoms with Gasteiger partial charge < -0.3 is 4.74 Å². The number of hydrogen-bond donors (Lipinski definition) is 0. The van der Waals surface area contributed by atoms with Gasteiger partial charge in [0, 0.05) is 32.2 Å². The van der Waals surface area contributed by atoms with Gasteiger partial charge in [-0.1, -0.05) is 18.2 Å². The van der Waals surface area contributed by atoms with Gasteiger partial charge in [-0.25, -0.2) is 4.39 Å². The predicted octanol–water partition coefficient (Wildman–Crippen LogP) is 1.61. The second-order valence-electron chi connectivity index (χ2n) is 5.43. The van der Waals surface area contributed by atoms with E-state index in [0.717, 1.165) is 0 Å². The highest BCUT2D eigenvalue weighted by molar-refractivity contribution is 7.86. The van der Waals surface area contributed by atoms with Crippen molar-refractivity contribution in [2.45, 2.75) is 32.6 Å². The molecule has 21 heavy (non-hydrogen) atoms. The van der Waals surface area contributed by atoms with Gasteiger partial charge in [0.1, 0.15) is 5.82 Å². The molecule has 1 aromatic carbocycles. The Labute approximate surface area is 125 Å². The zero-order valence-electron chi connectivity index (χ0n) is 12.5. The van der Waals surface area contributed by atoms with Crippen LogP contribution >= 0.6 is 0 Å². The van der Waals surface area contributed by atoms with E-state index in [9.17, 15) is 12.8 Å².